The van der Waals surface area contributed by atoms with Crippen molar-refractivity contribution in [2.24, 2.45) is 0 Å². The van der Waals surface area contributed by atoms with Crippen LogP contribution in [0.3, 0.4) is 0 Å². The first-order valence-corrected chi connectivity index (χ1v) is 0. The van der Waals surface area contributed by atoms with Crippen LogP contribution in [0.5, 0.6) is 0 Å². The first-order chi connectivity index (χ1) is 0. The minimum atomic E-state index is 0. The molecular weight excluding hydrogens is 160 g/mol. The van der Waals surface area contributed by atoms with E-state index in [4.69, 9.17) is 0 Å². The molecule has 0 aliphatic heterocycles. The molecule has 0 aliphatic carbocycles. The summed E-state index contributed by atoms with van der Waals surface area (Å²) in [5.74, 6) is 0. The van der Waals surface area contributed by atoms with Gasteiger partial charge in [-0.25, -0.2) is 0 Å². The summed E-state index contributed by atoms with van der Waals surface area (Å²) in [5.41, 5.74) is 0. The predicted octanol–water partition coefficient (Wildman–Crippen LogP) is -1.07. The third-order valence-corrected chi connectivity index (χ3v) is 0. The Kier molecular flexibility index (Phi) is 560. The Hall–Kier alpha value is 1.11. The van der Waals surface area contributed by atoms with Crippen molar-refractivity contribution in [2.75, 3.05) is 0 Å². The summed E-state index contributed by atoms with van der Waals surface area (Å²) < 4.78 is 0. The Bertz CT molecular complexity index is 6.00. The molecule has 0 bridgehead atoms. The Morgan fingerprint density at radius 2 is 0.750 bits per heavy atom. The van der Waals surface area contributed by atoms with Crippen LogP contribution in [-0.2, 0) is 21.7 Å². The van der Waals surface area contributed by atoms with Crippen molar-refractivity contribution < 1.29 is 32.7 Å². The Balaban J connectivity index is 0. The zero-order valence-corrected chi connectivity index (χ0v) is 5.18. The summed E-state index contributed by atoms with van der Waals surface area (Å²) in [5, 5.41) is 0. The molecule has 4 heavy (non-hydrogen) atoms. The van der Waals surface area contributed by atoms with Crippen LogP contribution >= 0.6 is 17.0 Å². The Morgan fingerprint density at radius 3 is 0.750 bits per heavy atom. The standard InChI is InChI=1S/BrH.2H2O.Ti/h1H;2*1H2;. The molecule has 0 atom stereocenters. The van der Waals surface area contributed by atoms with Gasteiger partial charge in [-0.1, -0.05) is 0 Å². The van der Waals surface area contributed by atoms with Gasteiger partial charge in [-0.2, -0.15) is 0 Å². The maximum atomic E-state index is 0. The van der Waals surface area contributed by atoms with Gasteiger partial charge in [0.15, 0.2) is 0 Å². The molecule has 28 valence electrons. The largest absolute Gasteiger partial charge is 0.412 e. The fraction of sp³-hybridized carbons (Fsp3) is 0. The van der Waals surface area contributed by atoms with Gasteiger partial charge in [0, 0.05) is 21.7 Å². The van der Waals surface area contributed by atoms with E-state index in [1.165, 1.54) is 0 Å². The molecule has 0 aromatic heterocycles. The van der Waals surface area contributed by atoms with Crippen LogP contribution in [0.4, 0.5) is 0 Å². The summed E-state index contributed by atoms with van der Waals surface area (Å²) in [6.07, 6.45) is 0. The molecular formula is H5BrO2Ti. The Morgan fingerprint density at radius 1 is 0.750 bits per heavy atom. The number of rotatable bonds is 0. The average molecular weight is 165 g/mol. The third-order valence-electron chi connectivity index (χ3n) is 0. The molecule has 0 rings (SSSR count). The molecule has 0 aliphatic rings. The van der Waals surface area contributed by atoms with Crippen molar-refractivity contribution in [3.8, 4) is 0 Å². The van der Waals surface area contributed by atoms with Gasteiger partial charge in [0.25, 0.3) is 0 Å². The van der Waals surface area contributed by atoms with Crippen LogP contribution in [0.2, 0.25) is 0 Å². The van der Waals surface area contributed by atoms with Gasteiger partial charge in [0.2, 0.25) is 0 Å². The Labute approximate surface area is 49.8 Å². The van der Waals surface area contributed by atoms with Gasteiger partial charge in [0.1, 0.15) is 0 Å². The van der Waals surface area contributed by atoms with E-state index < -0.39 is 0 Å². The van der Waals surface area contributed by atoms with Gasteiger partial charge >= 0.3 is 0 Å². The molecule has 0 unspecified atom stereocenters. The van der Waals surface area contributed by atoms with E-state index in [1.807, 2.05) is 0 Å². The molecule has 0 radical (unpaired) electrons. The minimum Gasteiger partial charge on any atom is -0.412 e. The second kappa shape index (κ2) is 32.1. The van der Waals surface area contributed by atoms with Gasteiger partial charge < -0.3 is 11.0 Å². The summed E-state index contributed by atoms with van der Waals surface area (Å²) in [6.45, 7) is 0. The molecule has 0 spiro atoms. The van der Waals surface area contributed by atoms with E-state index in [-0.39, 0.29) is 49.7 Å². The average Bonchev–Trinajstić information content (AvgIpc) is 0. The molecule has 4 heteroatoms. The maximum Gasteiger partial charge on any atom is 0 e. The van der Waals surface area contributed by atoms with Gasteiger partial charge in [-0.05, 0) is 0 Å². The predicted molar refractivity (Wildman–Crippen MR) is 17.5 cm³/mol. The van der Waals surface area contributed by atoms with E-state index in [0.29, 0.717) is 0 Å². The molecule has 4 N–H and O–H groups in total. The van der Waals surface area contributed by atoms with Crippen LogP contribution < -0.4 is 0 Å². The number of hydrogen-bond donors (Lipinski definition) is 0. The van der Waals surface area contributed by atoms with Crippen LogP contribution in [0.25, 0.3) is 0 Å². The zero-order valence-electron chi connectivity index (χ0n) is 1.91. The fourth-order valence-electron chi connectivity index (χ4n) is 0. The summed E-state index contributed by atoms with van der Waals surface area (Å²) in [6, 6.07) is 0. The zero-order chi connectivity index (χ0) is 0. The molecule has 0 amide bonds. The second-order valence-corrected chi connectivity index (χ2v) is 0. The molecule has 0 saturated heterocycles. The number of hydrogen-bond acceptors (Lipinski definition) is 0. The summed E-state index contributed by atoms with van der Waals surface area (Å²) in [4.78, 5) is 0. The van der Waals surface area contributed by atoms with E-state index >= 15 is 0 Å². The molecule has 2 nitrogen and oxygen atoms in total. The molecule has 0 fully saturated rings. The van der Waals surface area contributed by atoms with Crippen LogP contribution in [0.1, 0.15) is 0 Å². The van der Waals surface area contributed by atoms with Crippen LogP contribution in [-0.4, -0.2) is 11.0 Å². The first kappa shape index (κ1) is 69.7. The van der Waals surface area contributed by atoms with E-state index in [1.54, 1.807) is 0 Å². The summed E-state index contributed by atoms with van der Waals surface area (Å²) >= 11 is 0. The van der Waals surface area contributed by atoms with Gasteiger partial charge in [0.05, 0.1) is 0 Å². The van der Waals surface area contributed by atoms with Gasteiger partial charge in [-0.15, -0.1) is 17.0 Å². The first-order valence-electron chi connectivity index (χ1n) is 0. The normalized spacial score (nSPS) is 0. The maximum absolute atomic E-state index is 0. The SMILES string of the molecule is Br.O.O.[Ti]. The van der Waals surface area contributed by atoms with Crippen molar-refractivity contribution in [1.82, 2.24) is 0 Å². The number of halogens is 1. The second-order valence-electron chi connectivity index (χ2n) is 0. The summed E-state index contributed by atoms with van der Waals surface area (Å²) in [7, 11) is 0. The van der Waals surface area contributed by atoms with Crippen molar-refractivity contribution in [1.29, 1.82) is 0 Å². The minimum absolute atomic E-state index is 0. The fourth-order valence-corrected chi connectivity index (χ4v) is 0. The van der Waals surface area contributed by atoms with Crippen molar-refractivity contribution in [3.63, 3.8) is 0 Å². The molecule has 0 heterocycles. The van der Waals surface area contributed by atoms with Crippen molar-refractivity contribution >= 4 is 17.0 Å². The van der Waals surface area contributed by atoms with Gasteiger partial charge in [-0.3, -0.25) is 0 Å². The topological polar surface area (TPSA) is 63.0 Å². The molecule has 0 aromatic rings. The van der Waals surface area contributed by atoms with E-state index in [9.17, 15) is 0 Å². The van der Waals surface area contributed by atoms with E-state index in [2.05, 4.69) is 0 Å². The molecule has 0 saturated carbocycles. The van der Waals surface area contributed by atoms with Crippen LogP contribution in [0, 0.1) is 0 Å². The van der Waals surface area contributed by atoms with E-state index in [0.717, 1.165) is 0 Å². The molecule has 0 aromatic carbocycles. The smallest absolute Gasteiger partial charge is 0 e. The third kappa shape index (κ3) is 11.2. The van der Waals surface area contributed by atoms with Crippen LogP contribution in [0.15, 0.2) is 0 Å². The quantitative estimate of drug-likeness (QED) is 0.410. The monoisotopic (exact) mass is 164 g/mol. The van der Waals surface area contributed by atoms with Crippen molar-refractivity contribution in [3.05, 3.63) is 0 Å². The van der Waals surface area contributed by atoms with Crippen molar-refractivity contribution in [2.45, 2.75) is 0 Å².